The molecule has 5 heteroatoms. The van der Waals surface area contributed by atoms with Crippen molar-refractivity contribution in [2.75, 3.05) is 5.32 Å². The van der Waals surface area contributed by atoms with E-state index in [0.29, 0.717) is 11.3 Å². The molecule has 0 bridgehead atoms. The highest BCUT2D eigenvalue weighted by atomic mass is 32.1. The molecule has 14 heavy (non-hydrogen) atoms. The zero-order chi connectivity index (χ0) is 10.8. The second kappa shape index (κ2) is 4.04. The molecule has 0 aliphatic carbocycles. The Morgan fingerprint density at radius 2 is 2.21 bits per heavy atom. The highest BCUT2D eigenvalue weighted by molar-refractivity contribution is 7.10. The number of hydrogen-bond donors (Lipinski definition) is 1. The molecule has 0 saturated heterocycles. The summed E-state index contributed by atoms with van der Waals surface area (Å²) in [6.45, 7) is 5.23. The summed E-state index contributed by atoms with van der Waals surface area (Å²) in [5, 5.41) is 4.14. The zero-order valence-electron chi connectivity index (χ0n) is 7.56. The van der Waals surface area contributed by atoms with Crippen LogP contribution in [0.2, 0.25) is 0 Å². The summed E-state index contributed by atoms with van der Waals surface area (Å²) in [4.78, 5) is -0.591. The van der Waals surface area contributed by atoms with Crippen LogP contribution in [0.5, 0.6) is 0 Å². The maximum Gasteiger partial charge on any atom is 0.427 e. The first-order chi connectivity index (χ1) is 6.45. The maximum atomic E-state index is 12.4. The molecule has 0 amide bonds. The van der Waals surface area contributed by atoms with Crippen molar-refractivity contribution in [3.05, 3.63) is 29.0 Å². The first-order valence-corrected chi connectivity index (χ1v) is 4.87. The lowest BCUT2D eigenvalue weighted by molar-refractivity contribution is -0.133. The van der Waals surface area contributed by atoms with Crippen LogP contribution >= 0.6 is 11.3 Å². The Labute approximate surface area is 84.3 Å². The Balaban J connectivity index is 2.88. The molecule has 1 rings (SSSR count). The van der Waals surface area contributed by atoms with E-state index in [1.165, 1.54) is 11.4 Å². The third-order valence-electron chi connectivity index (χ3n) is 1.66. The lowest BCUT2D eigenvalue weighted by atomic mass is 10.3. The predicted molar refractivity (Wildman–Crippen MR) is 52.6 cm³/mol. The number of nitrogens with one attached hydrogen (secondary N) is 1. The molecule has 1 aromatic rings. The molecule has 1 N–H and O–H groups in total. The first-order valence-electron chi connectivity index (χ1n) is 3.99. The van der Waals surface area contributed by atoms with Crippen LogP contribution in [-0.2, 0) is 6.18 Å². The van der Waals surface area contributed by atoms with Crippen molar-refractivity contribution in [3.8, 4) is 0 Å². The van der Waals surface area contributed by atoms with E-state index in [9.17, 15) is 13.2 Å². The van der Waals surface area contributed by atoms with Gasteiger partial charge < -0.3 is 5.32 Å². The van der Waals surface area contributed by atoms with Crippen molar-refractivity contribution < 1.29 is 13.2 Å². The molecule has 0 aromatic carbocycles. The third-order valence-corrected chi connectivity index (χ3v) is 2.62. The van der Waals surface area contributed by atoms with Gasteiger partial charge in [-0.3, -0.25) is 0 Å². The van der Waals surface area contributed by atoms with E-state index < -0.39 is 11.1 Å². The number of anilines is 1. The van der Waals surface area contributed by atoms with Gasteiger partial charge in [-0.1, -0.05) is 6.08 Å². The molecule has 1 unspecified atom stereocenters. The molecule has 0 fully saturated rings. The van der Waals surface area contributed by atoms with Gasteiger partial charge in [0.2, 0.25) is 0 Å². The van der Waals surface area contributed by atoms with Crippen molar-refractivity contribution in [2.24, 2.45) is 0 Å². The summed E-state index contributed by atoms with van der Waals surface area (Å²) in [6, 6.07) is 1.25. The van der Waals surface area contributed by atoms with E-state index in [1.54, 1.807) is 13.0 Å². The van der Waals surface area contributed by atoms with E-state index in [-0.39, 0.29) is 11.7 Å². The molecule has 0 saturated carbocycles. The van der Waals surface area contributed by atoms with E-state index in [2.05, 4.69) is 11.9 Å². The van der Waals surface area contributed by atoms with Crippen LogP contribution < -0.4 is 5.32 Å². The molecule has 0 radical (unpaired) electrons. The molecule has 78 valence electrons. The standard InChI is InChI=1S/C9H10F3NS/c1-3-6(2)13-7-4-5-14-8(7)9(10,11)12/h3-6,13H,1H2,2H3. The average Bonchev–Trinajstić information content (AvgIpc) is 2.51. The van der Waals surface area contributed by atoms with Gasteiger partial charge in [0.1, 0.15) is 4.88 Å². The molecule has 0 spiro atoms. The van der Waals surface area contributed by atoms with Crippen molar-refractivity contribution in [1.29, 1.82) is 0 Å². The third kappa shape index (κ3) is 2.51. The fourth-order valence-electron chi connectivity index (χ4n) is 0.947. The zero-order valence-corrected chi connectivity index (χ0v) is 8.38. The van der Waals surface area contributed by atoms with Crippen molar-refractivity contribution in [1.82, 2.24) is 0 Å². The summed E-state index contributed by atoms with van der Waals surface area (Å²) < 4.78 is 37.1. The van der Waals surface area contributed by atoms with Gasteiger partial charge in [0.25, 0.3) is 0 Å². The van der Waals surface area contributed by atoms with E-state index in [1.807, 2.05) is 0 Å². The lowest BCUT2D eigenvalue weighted by Crippen LogP contribution is -2.14. The van der Waals surface area contributed by atoms with Crippen LogP contribution in [0.25, 0.3) is 0 Å². The maximum absolute atomic E-state index is 12.4. The van der Waals surface area contributed by atoms with Crippen LogP contribution in [-0.4, -0.2) is 6.04 Å². The monoisotopic (exact) mass is 221 g/mol. The number of halogens is 3. The van der Waals surface area contributed by atoms with E-state index >= 15 is 0 Å². The highest BCUT2D eigenvalue weighted by Gasteiger charge is 2.35. The Bertz CT molecular complexity index is 316. The fourth-order valence-corrected chi connectivity index (χ4v) is 1.67. The topological polar surface area (TPSA) is 12.0 Å². The van der Waals surface area contributed by atoms with Crippen LogP contribution in [0, 0.1) is 0 Å². The summed E-state index contributed by atoms with van der Waals surface area (Å²) in [5.41, 5.74) is 0.120. The van der Waals surface area contributed by atoms with Gasteiger partial charge in [0.15, 0.2) is 0 Å². The van der Waals surface area contributed by atoms with Crippen molar-refractivity contribution in [2.45, 2.75) is 19.1 Å². The number of alkyl halides is 3. The fraction of sp³-hybridized carbons (Fsp3) is 0.333. The Morgan fingerprint density at radius 3 is 2.71 bits per heavy atom. The lowest BCUT2D eigenvalue weighted by Gasteiger charge is -2.12. The minimum absolute atomic E-state index is 0.120. The van der Waals surface area contributed by atoms with Gasteiger partial charge in [-0.05, 0) is 18.4 Å². The number of hydrogen-bond acceptors (Lipinski definition) is 2. The largest absolute Gasteiger partial charge is 0.427 e. The van der Waals surface area contributed by atoms with Crippen LogP contribution in [0.1, 0.15) is 11.8 Å². The molecule has 1 aromatic heterocycles. The van der Waals surface area contributed by atoms with E-state index in [0.717, 1.165) is 0 Å². The van der Waals surface area contributed by atoms with Crippen LogP contribution in [0.15, 0.2) is 24.1 Å². The van der Waals surface area contributed by atoms with Crippen LogP contribution in [0.4, 0.5) is 18.9 Å². The molecular formula is C9H10F3NS. The number of thiophene rings is 1. The SMILES string of the molecule is C=CC(C)Nc1ccsc1C(F)(F)F. The molecule has 1 nitrogen and oxygen atoms in total. The second-order valence-electron chi connectivity index (χ2n) is 2.83. The van der Waals surface area contributed by atoms with Crippen LogP contribution in [0.3, 0.4) is 0 Å². The van der Waals surface area contributed by atoms with Gasteiger partial charge in [-0.2, -0.15) is 13.2 Å². The summed E-state index contributed by atoms with van der Waals surface area (Å²) >= 11 is 0.687. The summed E-state index contributed by atoms with van der Waals surface area (Å²) in [5.74, 6) is 0. The van der Waals surface area contributed by atoms with Gasteiger partial charge in [-0.25, -0.2) is 0 Å². The quantitative estimate of drug-likeness (QED) is 0.766. The van der Waals surface area contributed by atoms with Gasteiger partial charge in [-0.15, -0.1) is 17.9 Å². The Hall–Kier alpha value is -0.970. The molecule has 0 aliphatic rings. The summed E-state index contributed by atoms with van der Waals surface area (Å²) in [7, 11) is 0. The second-order valence-corrected chi connectivity index (χ2v) is 3.75. The molecular weight excluding hydrogens is 211 g/mol. The number of rotatable bonds is 3. The molecule has 0 aliphatic heterocycles. The normalized spacial score (nSPS) is 13.7. The predicted octanol–water partition coefficient (Wildman–Crippen LogP) is 3.75. The molecule has 1 atom stereocenters. The summed E-state index contributed by atoms with van der Waals surface area (Å²) in [6.07, 6.45) is -2.73. The Kier molecular flexibility index (Phi) is 3.21. The Morgan fingerprint density at radius 1 is 1.57 bits per heavy atom. The van der Waals surface area contributed by atoms with Gasteiger partial charge in [0, 0.05) is 6.04 Å². The van der Waals surface area contributed by atoms with Gasteiger partial charge in [0.05, 0.1) is 5.69 Å². The smallest absolute Gasteiger partial charge is 0.378 e. The molecule has 1 heterocycles. The minimum atomic E-state index is -4.28. The van der Waals surface area contributed by atoms with Crippen molar-refractivity contribution >= 4 is 17.0 Å². The average molecular weight is 221 g/mol. The van der Waals surface area contributed by atoms with Crippen molar-refractivity contribution in [3.63, 3.8) is 0 Å². The van der Waals surface area contributed by atoms with E-state index in [4.69, 9.17) is 0 Å². The first kappa shape index (κ1) is 11.1. The van der Waals surface area contributed by atoms with Gasteiger partial charge >= 0.3 is 6.18 Å². The minimum Gasteiger partial charge on any atom is -0.378 e. The highest BCUT2D eigenvalue weighted by Crippen LogP contribution is 2.38.